The molecule has 1 saturated heterocycles. The largest absolute Gasteiger partial charge is 1.00 e. The molecule has 0 bridgehead atoms. The van der Waals surface area contributed by atoms with Crippen LogP contribution in [0.5, 0.6) is 5.88 Å². The van der Waals surface area contributed by atoms with E-state index >= 15 is 0 Å². The zero-order valence-corrected chi connectivity index (χ0v) is 25.8. The Labute approximate surface area is 261 Å². The summed E-state index contributed by atoms with van der Waals surface area (Å²) < 4.78 is 6.28. The van der Waals surface area contributed by atoms with Gasteiger partial charge in [0.25, 0.3) is 17.4 Å². The molecule has 2 atom stereocenters. The van der Waals surface area contributed by atoms with Crippen molar-refractivity contribution in [1.82, 2.24) is 25.0 Å². The van der Waals surface area contributed by atoms with Crippen molar-refractivity contribution in [3.05, 3.63) is 45.8 Å². The van der Waals surface area contributed by atoms with E-state index in [1.54, 1.807) is 6.07 Å². The molecule has 2 amide bonds. The van der Waals surface area contributed by atoms with Gasteiger partial charge in [0, 0.05) is 18.6 Å². The molecular formula is C19H16N6Na2O8S2. The second-order valence-corrected chi connectivity index (χ2v) is 9.16. The maximum absolute atomic E-state index is 12.8. The number of oxime groups is 1. The predicted molar refractivity (Wildman–Crippen MR) is 117 cm³/mol. The van der Waals surface area contributed by atoms with Crippen molar-refractivity contribution in [2.75, 3.05) is 18.6 Å². The fourth-order valence-electron chi connectivity index (χ4n) is 3.40. The molecule has 2 aliphatic rings. The number of nitrogens with one attached hydrogen (secondary N) is 1. The Hall–Kier alpha value is -1.79. The first-order chi connectivity index (χ1) is 16.7. The minimum absolute atomic E-state index is 0. The maximum Gasteiger partial charge on any atom is 1.00 e. The molecule has 0 aliphatic carbocycles. The van der Waals surface area contributed by atoms with Crippen molar-refractivity contribution >= 4 is 47.0 Å². The summed E-state index contributed by atoms with van der Waals surface area (Å²) in [4.78, 5) is 58.3. The quantitative estimate of drug-likeness (QED) is 0.104. The van der Waals surface area contributed by atoms with E-state index in [2.05, 4.69) is 25.4 Å². The minimum atomic E-state index is -1.56. The van der Waals surface area contributed by atoms with Gasteiger partial charge in [-0.15, -0.1) is 11.8 Å². The number of hydrogen-bond acceptors (Lipinski definition) is 13. The number of fused-ring (bicyclic) bond motifs is 1. The zero-order chi connectivity index (χ0) is 25.3. The monoisotopic (exact) mass is 566 g/mol. The zero-order valence-electron chi connectivity index (χ0n) is 20.1. The predicted octanol–water partition coefficient (Wildman–Crippen LogP) is -8.60. The van der Waals surface area contributed by atoms with Crippen LogP contribution >= 0.6 is 23.5 Å². The average molecular weight is 566 g/mol. The third-order valence-electron chi connectivity index (χ3n) is 4.95. The van der Waals surface area contributed by atoms with Crippen LogP contribution in [0.1, 0.15) is 5.76 Å². The second-order valence-electron chi connectivity index (χ2n) is 7.12. The fourth-order valence-corrected chi connectivity index (χ4v) is 5.79. The van der Waals surface area contributed by atoms with Crippen LogP contribution in [0.3, 0.4) is 0 Å². The Morgan fingerprint density at radius 1 is 1.38 bits per heavy atom. The van der Waals surface area contributed by atoms with E-state index in [0.717, 1.165) is 21.3 Å². The van der Waals surface area contributed by atoms with Crippen molar-refractivity contribution in [2.24, 2.45) is 12.2 Å². The Balaban J connectivity index is 0.00000241. The molecule has 4 rings (SSSR count). The van der Waals surface area contributed by atoms with Gasteiger partial charge in [-0.2, -0.15) is 10.1 Å². The van der Waals surface area contributed by atoms with Crippen molar-refractivity contribution in [3.63, 3.8) is 0 Å². The van der Waals surface area contributed by atoms with Gasteiger partial charge in [0.1, 0.15) is 18.5 Å². The molecule has 184 valence electrons. The third-order valence-corrected chi connectivity index (χ3v) is 7.40. The standard InChI is InChI=1S/C19H18N6O8S2.2Na/c1-24-19(21-14(27)15(28)22-24)35-7-8-6-34-17-11(16(29)25(17)12(8)18(30)31)20-13(26)10(23-32-2)9-4-3-5-33-9;;/h3-5,11,17H,6-7H2,1-2H3,(H,20,26)(H,22,28)(H,30,31);;/q;2*+1/p-2/b23-10-;;/t11-,17+;;/m1../s1. The van der Waals surface area contributed by atoms with Crippen molar-refractivity contribution in [2.45, 2.75) is 16.6 Å². The van der Waals surface area contributed by atoms with Gasteiger partial charge < -0.3 is 29.6 Å². The summed E-state index contributed by atoms with van der Waals surface area (Å²) in [6.45, 7) is 0. The van der Waals surface area contributed by atoms with Gasteiger partial charge in [-0.05, 0) is 17.7 Å². The van der Waals surface area contributed by atoms with E-state index in [1.165, 1.54) is 38.2 Å². The van der Waals surface area contributed by atoms with Gasteiger partial charge in [-0.25, -0.2) is 4.68 Å². The van der Waals surface area contributed by atoms with Gasteiger partial charge in [0.15, 0.2) is 10.9 Å². The molecule has 0 unspecified atom stereocenters. The Kier molecular flexibility index (Phi) is 11.3. The van der Waals surface area contributed by atoms with E-state index in [1.807, 2.05) is 0 Å². The molecule has 37 heavy (non-hydrogen) atoms. The summed E-state index contributed by atoms with van der Waals surface area (Å²) in [6.07, 6.45) is 1.34. The number of furan rings is 1. The van der Waals surface area contributed by atoms with Crippen LogP contribution in [0.4, 0.5) is 0 Å². The number of amides is 2. The molecule has 2 aromatic rings. The van der Waals surface area contributed by atoms with E-state index in [0.29, 0.717) is 5.57 Å². The Morgan fingerprint density at radius 2 is 2.11 bits per heavy atom. The van der Waals surface area contributed by atoms with Crippen LogP contribution in [-0.2, 0) is 26.3 Å². The van der Waals surface area contributed by atoms with E-state index in [-0.39, 0.29) is 92.9 Å². The van der Waals surface area contributed by atoms with Crippen molar-refractivity contribution < 1.29 is 93.0 Å². The molecule has 2 aliphatic heterocycles. The van der Waals surface area contributed by atoms with Gasteiger partial charge in [-0.1, -0.05) is 16.9 Å². The summed E-state index contributed by atoms with van der Waals surface area (Å²) in [5.74, 6) is -3.56. The van der Waals surface area contributed by atoms with E-state index in [9.17, 15) is 29.4 Å². The first kappa shape index (κ1) is 31.4. The molecule has 1 fully saturated rings. The average Bonchev–Trinajstić information content (AvgIpc) is 3.36. The molecule has 2 aromatic heterocycles. The van der Waals surface area contributed by atoms with Gasteiger partial charge >= 0.3 is 59.1 Å². The summed E-state index contributed by atoms with van der Waals surface area (Å²) in [7, 11) is 2.67. The van der Waals surface area contributed by atoms with Gasteiger partial charge in [0.2, 0.25) is 5.71 Å². The van der Waals surface area contributed by atoms with Crippen LogP contribution in [0.2, 0.25) is 0 Å². The number of carboxylic acid groups (broad SMARTS) is 1. The Morgan fingerprint density at radius 3 is 2.73 bits per heavy atom. The number of carboxylic acids is 1. The number of hydrogen-bond donors (Lipinski definition) is 1. The number of aliphatic carboxylic acids is 1. The third kappa shape index (κ3) is 6.44. The summed E-state index contributed by atoms with van der Waals surface area (Å²) in [6, 6.07) is 2.04. The number of thioether (sulfide) groups is 2. The normalized spacial score (nSPS) is 18.7. The smallest absolute Gasteiger partial charge is 0.854 e. The van der Waals surface area contributed by atoms with Crippen LogP contribution in [0.15, 0.2) is 49.2 Å². The van der Waals surface area contributed by atoms with E-state index < -0.39 is 40.6 Å². The Bertz CT molecular complexity index is 1320. The first-order valence-corrected chi connectivity index (χ1v) is 11.9. The molecule has 0 radical (unpaired) electrons. The van der Waals surface area contributed by atoms with Gasteiger partial charge in [0.05, 0.1) is 23.8 Å². The number of β-lactam (4-membered cyclic amide) rings is 1. The molecule has 0 saturated carbocycles. The number of aryl methyl sites for hydroxylation is 1. The maximum atomic E-state index is 12.8. The minimum Gasteiger partial charge on any atom is -0.854 e. The number of aromatic nitrogens is 3. The van der Waals surface area contributed by atoms with Gasteiger partial charge in [-0.3, -0.25) is 19.3 Å². The van der Waals surface area contributed by atoms with Crippen molar-refractivity contribution in [3.8, 4) is 5.88 Å². The molecule has 1 N–H and O–H groups in total. The molecule has 4 heterocycles. The number of nitrogens with zero attached hydrogens (tertiary/aromatic N) is 5. The van der Waals surface area contributed by atoms with Crippen LogP contribution in [0.25, 0.3) is 0 Å². The summed E-state index contributed by atoms with van der Waals surface area (Å²) >= 11 is 2.23. The molecular weight excluding hydrogens is 550 g/mol. The van der Waals surface area contributed by atoms with Crippen LogP contribution in [0, 0.1) is 0 Å². The number of carbonyl (C=O) groups is 3. The number of carbonyl (C=O) groups excluding carboxylic acids is 3. The summed E-state index contributed by atoms with van der Waals surface area (Å²) in [5.41, 5.74) is -1.17. The first-order valence-electron chi connectivity index (χ1n) is 9.82. The SMILES string of the molecule is CO/N=C(\C(=O)N[C@@H]1C(=O)N2C(C(=O)[O-])=C(CSc3nc(=O)c([O-])nn3C)CS[C@@H]12)c1ccco1.[Na+].[Na+]. The second kappa shape index (κ2) is 13.3. The number of rotatable bonds is 8. The van der Waals surface area contributed by atoms with Crippen LogP contribution in [-0.4, -0.2) is 73.2 Å². The van der Waals surface area contributed by atoms with Crippen molar-refractivity contribution in [1.29, 1.82) is 0 Å². The fraction of sp³-hybridized carbons (Fsp3) is 0.316. The molecule has 0 spiro atoms. The van der Waals surface area contributed by atoms with E-state index in [4.69, 9.17) is 4.42 Å². The molecule has 18 heteroatoms. The molecule has 14 nitrogen and oxygen atoms in total. The summed E-state index contributed by atoms with van der Waals surface area (Å²) in [5, 5.41) is 32.3. The van der Waals surface area contributed by atoms with Crippen LogP contribution < -0.4 is 80.2 Å². The molecule has 0 aromatic carbocycles. The topological polar surface area (TPSA) is 195 Å².